The number of halogens is 1. The molecule has 0 aliphatic rings. The van der Waals surface area contributed by atoms with E-state index in [0.29, 0.717) is 0 Å². The summed E-state index contributed by atoms with van der Waals surface area (Å²) in [6, 6.07) is 5.77. The summed E-state index contributed by atoms with van der Waals surface area (Å²) in [6.07, 6.45) is 0. The molecule has 1 rings (SSSR count). The van der Waals surface area contributed by atoms with Gasteiger partial charge >= 0.3 is 0 Å². The molecule has 2 atom stereocenters. The molecule has 0 aliphatic carbocycles. The van der Waals surface area contributed by atoms with Crippen LogP contribution in [-0.2, 0) is 11.4 Å². The Kier molecular flexibility index (Phi) is 5.52. The van der Waals surface area contributed by atoms with E-state index in [9.17, 15) is 4.55 Å². The molecule has 0 aromatic heterocycles. The van der Waals surface area contributed by atoms with Crippen molar-refractivity contribution in [3.05, 3.63) is 28.2 Å². The topological polar surface area (TPSA) is 44.3 Å². The molecule has 0 amide bonds. The zero-order valence-electron chi connectivity index (χ0n) is 11.4. The van der Waals surface area contributed by atoms with Crippen molar-refractivity contribution in [3.63, 3.8) is 0 Å². The lowest BCUT2D eigenvalue weighted by Crippen LogP contribution is -2.40. The summed E-state index contributed by atoms with van der Waals surface area (Å²) >= 11 is 2.33. The minimum Gasteiger partial charge on any atom is -0.598 e. The highest BCUT2D eigenvalue weighted by Gasteiger charge is 2.29. The average Bonchev–Trinajstić information content (AvgIpc) is 2.27. The van der Waals surface area contributed by atoms with E-state index in [1.807, 2.05) is 45.9 Å². The van der Waals surface area contributed by atoms with Crippen LogP contribution < -0.4 is 9.46 Å². The fraction of sp³-hybridized carbons (Fsp3) is 0.538. The van der Waals surface area contributed by atoms with Gasteiger partial charge in [0.05, 0.1) is 13.2 Å². The zero-order chi connectivity index (χ0) is 13.9. The van der Waals surface area contributed by atoms with Crippen molar-refractivity contribution in [2.45, 2.75) is 38.5 Å². The first-order valence-electron chi connectivity index (χ1n) is 5.77. The molecule has 0 fully saturated rings. The molecule has 3 nitrogen and oxygen atoms in total. The highest BCUT2D eigenvalue weighted by atomic mass is 79.9. The minimum atomic E-state index is -1.11. The predicted molar refractivity (Wildman–Crippen MR) is 80.1 cm³/mol. The van der Waals surface area contributed by atoms with Gasteiger partial charge in [-0.2, -0.15) is 0 Å². The van der Waals surface area contributed by atoms with Crippen molar-refractivity contribution >= 4 is 27.3 Å². The fourth-order valence-corrected chi connectivity index (χ4v) is 2.62. The molecule has 0 saturated heterocycles. The molecule has 1 N–H and O–H groups in total. The second-order valence-electron chi connectivity index (χ2n) is 5.11. The molecule has 0 bridgehead atoms. The Morgan fingerprint density at radius 1 is 1.39 bits per heavy atom. The highest BCUT2D eigenvalue weighted by molar-refractivity contribution is 9.10. The Morgan fingerprint density at radius 3 is 2.50 bits per heavy atom. The molecule has 0 radical (unpaired) electrons. The van der Waals surface area contributed by atoms with Crippen molar-refractivity contribution in [2.75, 3.05) is 7.11 Å². The lowest BCUT2D eigenvalue weighted by molar-refractivity contribution is 0.405. The van der Waals surface area contributed by atoms with Gasteiger partial charge in [0.15, 0.2) is 0 Å². The quantitative estimate of drug-likeness (QED) is 0.856. The Morgan fingerprint density at radius 2 is 2.00 bits per heavy atom. The second-order valence-corrected chi connectivity index (χ2v) is 8.02. The van der Waals surface area contributed by atoms with Crippen molar-refractivity contribution in [3.8, 4) is 5.75 Å². The van der Waals surface area contributed by atoms with Crippen LogP contribution in [0, 0.1) is 0 Å². The predicted octanol–water partition coefficient (Wildman–Crippen LogP) is 3.57. The van der Waals surface area contributed by atoms with Crippen molar-refractivity contribution in [1.29, 1.82) is 0 Å². The van der Waals surface area contributed by atoms with E-state index in [1.54, 1.807) is 7.11 Å². The van der Waals surface area contributed by atoms with Gasteiger partial charge in [-0.25, -0.2) is 0 Å². The summed E-state index contributed by atoms with van der Waals surface area (Å²) in [5, 5.41) is 0. The number of methoxy groups -OCH3 is 1. The van der Waals surface area contributed by atoms with Crippen LogP contribution in [0.4, 0.5) is 0 Å². The van der Waals surface area contributed by atoms with Crippen LogP contribution in [0.2, 0.25) is 0 Å². The average molecular weight is 334 g/mol. The van der Waals surface area contributed by atoms with Crippen LogP contribution in [0.15, 0.2) is 22.7 Å². The van der Waals surface area contributed by atoms with Crippen molar-refractivity contribution in [1.82, 2.24) is 4.72 Å². The van der Waals surface area contributed by atoms with Crippen LogP contribution >= 0.6 is 15.9 Å². The van der Waals surface area contributed by atoms with Gasteiger partial charge in [0.25, 0.3) is 0 Å². The van der Waals surface area contributed by atoms with E-state index in [4.69, 9.17) is 4.74 Å². The molecule has 0 spiro atoms. The summed E-state index contributed by atoms with van der Waals surface area (Å²) in [7, 11) is 1.64. The van der Waals surface area contributed by atoms with Crippen LogP contribution in [-0.4, -0.2) is 16.4 Å². The Hall–Kier alpha value is -0.230. The first-order valence-corrected chi connectivity index (χ1v) is 7.71. The molecular weight excluding hydrogens is 314 g/mol. The fourth-order valence-electron chi connectivity index (χ4n) is 1.44. The van der Waals surface area contributed by atoms with Crippen LogP contribution in [0.3, 0.4) is 0 Å². The van der Waals surface area contributed by atoms with E-state index >= 15 is 0 Å². The van der Waals surface area contributed by atoms with Gasteiger partial charge in [-0.3, -0.25) is 0 Å². The number of nitrogens with one attached hydrogen (secondary N) is 1. The van der Waals surface area contributed by atoms with Gasteiger partial charge in [-0.15, -0.1) is 4.72 Å². The van der Waals surface area contributed by atoms with Gasteiger partial charge < -0.3 is 9.29 Å². The third-order valence-electron chi connectivity index (χ3n) is 2.50. The SMILES string of the molecule is COc1ccc(Br)cc1C(C)N[S+]([O-])C(C)(C)C. The summed E-state index contributed by atoms with van der Waals surface area (Å²) in [5.41, 5.74) is 0.990. The Balaban J connectivity index is 2.90. The summed E-state index contributed by atoms with van der Waals surface area (Å²) in [6.45, 7) is 7.82. The monoisotopic (exact) mass is 333 g/mol. The first-order chi connectivity index (χ1) is 8.25. The smallest absolute Gasteiger partial charge is 0.136 e. The van der Waals surface area contributed by atoms with Crippen LogP contribution in [0.1, 0.15) is 39.3 Å². The van der Waals surface area contributed by atoms with Gasteiger partial charge in [-0.05, 0) is 45.9 Å². The summed E-state index contributed by atoms with van der Waals surface area (Å²) < 4.78 is 21.2. The third kappa shape index (κ3) is 4.16. The highest BCUT2D eigenvalue weighted by Crippen LogP contribution is 2.29. The van der Waals surface area contributed by atoms with Gasteiger partial charge in [-0.1, -0.05) is 15.9 Å². The minimum absolute atomic E-state index is 0.0440. The third-order valence-corrected chi connectivity index (χ3v) is 4.67. The molecule has 18 heavy (non-hydrogen) atoms. The molecule has 102 valence electrons. The second kappa shape index (κ2) is 6.28. The molecule has 0 aliphatic heterocycles. The maximum absolute atomic E-state index is 12.1. The van der Waals surface area contributed by atoms with Gasteiger partial charge in [0, 0.05) is 21.4 Å². The molecular formula is C13H20BrNO2S. The first kappa shape index (κ1) is 15.8. The molecule has 1 aromatic carbocycles. The number of hydrogen-bond acceptors (Lipinski definition) is 3. The summed E-state index contributed by atoms with van der Waals surface area (Å²) in [5.74, 6) is 0.795. The van der Waals surface area contributed by atoms with E-state index in [1.165, 1.54) is 0 Å². The molecule has 5 heteroatoms. The number of rotatable bonds is 4. The normalized spacial score (nSPS) is 15.3. The molecule has 2 unspecified atom stereocenters. The number of hydrogen-bond donors (Lipinski definition) is 1. The standard InChI is InChI=1S/C13H20BrNO2S/c1-9(15-18(16)13(2,3)4)11-8-10(14)6-7-12(11)17-5/h6-9,15H,1-5H3. The van der Waals surface area contributed by atoms with Crippen LogP contribution in [0.25, 0.3) is 0 Å². The van der Waals surface area contributed by atoms with E-state index in [-0.39, 0.29) is 10.8 Å². The van der Waals surface area contributed by atoms with Gasteiger partial charge in [0.1, 0.15) is 10.5 Å². The van der Waals surface area contributed by atoms with E-state index < -0.39 is 11.4 Å². The Labute approximate surface area is 121 Å². The maximum Gasteiger partial charge on any atom is 0.136 e. The maximum atomic E-state index is 12.1. The van der Waals surface area contributed by atoms with E-state index in [0.717, 1.165) is 15.8 Å². The van der Waals surface area contributed by atoms with Gasteiger partial charge in [0.2, 0.25) is 0 Å². The van der Waals surface area contributed by atoms with E-state index in [2.05, 4.69) is 20.7 Å². The largest absolute Gasteiger partial charge is 0.598 e. The number of benzene rings is 1. The van der Waals surface area contributed by atoms with Crippen molar-refractivity contribution < 1.29 is 9.29 Å². The lowest BCUT2D eigenvalue weighted by atomic mass is 10.1. The number of ether oxygens (including phenoxy) is 1. The zero-order valence-corrected chi connectivity index (χ0v) is 13.8. The Bertz CT molecular complexity index is 406. The molecule has 0 heterocycles. The van der Waals surface area contributed by atoms with Crippen molar-refractivity contribution in [2.24, 2.45) is 0 Å². The lowest BCUT2D eigenvalue weighted by Gasteiger charge is -2.27. The summed E-state index contributed by atoms with van der Waals surface area (Å²) in [4.78, 5) is 0. The molecule has 0 saturated carbocycles. The molecule has 1 aromatic rings. The van der Waals surface area contributed by atoms with Crippen LogP contribution in [0.5, 0.6) is 5.75 Å².